The van der Waals surface area contributed by atoms with Crippen molar-refractivity contribution >= 4 is 40.7 Å². The van der Waals surface area contributed by atoms with E-state index >= 15 is 0 Å². The van der Waals surface area contributed by atoms with Crippen LogP contribution in [0.2, 0.25) is 25.7 Å². The lowest BCUT2D eigenvalue weighted by atomic mass is 10.1. The predicted molar refractivity (Wildman–Crippen MR) is 115 cm³/mol. The first-order chi connectivity index (χ1) is 12.6. The summed E-state index contributed by atoms with van der Waals surface area (Å²) in [5.74, 6) is -0.299. The Morgan fingerprint density at radius 2 is 2.04 bits per heavy atom. The van der Waals surface area contributed by atoms with E-state index in [2.05, 4.69) is 35.6 Å². The van der Waals surface area contributed by atoms with Crippen molar-refractivity contribution in [1.29, 1.82) is 5.26 Å². The molecule has 0 aliphatic rings. The number of ketones is 1. The first-order valence-corrected chi connectivity index (χ1v) is 13.3. The number of allylic oxidation sites excluding steroid dienone is 1. The lowest BCUT2D eigenvalue weighted by Crippen LogP contribution is -2.22. The van der Waals surface area contributed by atoms with Crippen molar-refractivity contribution in [2.45, 2.75) is 32.4 Å². The molecule has 1 aromatic carbocycles. The summed E-state index contributed by atoms with van der Waals surface area (Å²) in [6.45, 7) is 7.87. The molecule has 0 aliphatic heterocycles. The van der Waals surface area contributed by atoms with Gasteiger partial charge in [-0.25, -0.2) is 0 Å². The average molecular weight is 448 g/mol. The zero-order valence-electron chi connectivity index (χ0n) is 16.5. The zero-order chi connectivity index (χ0) is 20.2. The molecule has 0 aliphatic carbocycles. The van der Waals surface area contributed by atoms with Crippen LogP contribution in [0.4, 0.5) is 0 Å². The highest BCUT2D eigenvalue weighted by Crippen LogP contribution is 2.25. The van der Waals surface area contributed by atoms with E-state index in [4.69, 9.17) is 4.74 Å². The number of fused-ring (bicyclic) bond motifs is 1. The van der Waals surface area contributed by atoms with Crippen LogP contribution in [0.1, 0.15) is 10.5 Å². The molecule has 0 fully saturated rings. The van der Waals surface area contributed by atoms with Gasteiger partial charge in [0.2, 0.25) is 5.78 Å². The second-order valence-corrected chi connectivity index (χ2v) is 14.5. The second kappa shape index (κ2) is 8.87. The van der Waals surface area contributed by atoms with Crippen molar-refractivity contribution in [3.63, 3.8) is 0 Å². The summed E-state index contributed by atoms with van der Waals surface area (Å²) in [4.78, 5) is 14.7. The van der Waals surface area contributed by atoms with Gasteiger partial charge in [0.05, 0.1) is 11.2 Å². The van der Waals surface area contributed by atoms with E-state index in [1.807, 2.05) is 34.9 Å². The quantitative estimate of drug-likeness (QED) is 0.190. The molecule has 0 saturated carbocycles. The van der Waals surface area contributed by atoms with Crippen molar-refractivity contribution in [3.8, 4) is 6.07 Å². The highest BCUT2D eigenvalue weighted by atomic mass is 79.9. The number of halogens is 1. The molecule has 0 bridgehead atoms. The summed E-state index contributed by atoms with van der Waals surface area (Å²) >= 11 is 3.47. The molecule has 27 heavy (non-hydrogen) atoms. The Balaban J connectivity index is 2.39. The molecule has 1 heterocycles. The smallest absolute Gasteiger partial charge is 0.221 e. The van der Waals surface area contributed by atoms with Crippen molar-refractivity contribution < 1.29 is 9.53 Å². The minimum absolute atomic E-state index is 0.102. The van der Waals surface area contributed by atoms with Crippen molar-refractivity contribution in [1.82, 2.24) is 9.47 Å². The van der Waals surface area contributed by atoms with E-state index < -0.39 is 8.07 Å². The minimum atomic E-state index is -1.18. The number of carbonyl (C=O) groups is 1. The summed E-state index contributed by atoms with van der Waals surface area (Å²) in [7, 11) is 2.39. The van der Waals surface area contributed by atoms with Crippen LogP contribution in [0.15, 0.2) is 40.5 Å². The maximum absolute atomic E-state index is 13.0. The largest absolute Gasteiger partial charge is 0.382 e. The summed E-state index contributed by atoms with van der Waals surface area (Å²) in [6.07, 6.45) is 1.55. The van der Waals surface area contributed by atoms with Crippen LogP contribution in [-0.2, 0) is 11.5 Å². The molecule has 5 nitrogen and oxygen atoms in total. The van der Waals surface area contributed by atoms with Gasteiger partial charge >= 0.3 is 0 Å². The Morgan fingerprint density at radius 3 is 2.63 bits per heavy atom. The van der Waals surface area contributed by atoms with E-state index in [0.29, 0.717) is 12.3 Å². The molecule has 2 rings (SSSR count). The Hall–Kier alpha value is -1.88. The highest BCUT2D eigenvalue weighted by Gasteiger charge is 2.20. The lowest BCUT2D eigenvalue weighted by Gasteiger charge is -2.16. The molecule has 0 radical (unpaired) electrons. The summed E-state index contributed by atoms with van der Waals surface area (Å²) in [5.41, 5.74) is 1.48. The maximum atomic E-state index is 13.0. The van der Waals surface area contributed by atoms with E-state index in [1.165, 1.54) is 0 Å². The van der Waals surface area contributed by atoms with Crippen molar-refractivity contribution in [2.24, 2.45) is 0 Å². The number of Topliss-reactive ketones (excluding diaryl/α,β-unsaturated/α-hetero) is 1. The predicted octanol–water partition coefficient (Wildman–Crippen LogP) is 4.87. The molecule has 0 spiro atoms. The van der Waals surface area contributed by atoms with Gasteiger partial charge in [0.15, 0.2) is 0 Å². The fourth-order valence-corrected chi connectivity index (χ4v) is 3.77. The van der Waals surface area contributed by atoms with Gasteiger partial charge in [-0.15, -0.1) is 0 Å². The van der Waals surface area contributed by atoms with Gasteiger partial charge in [-0.3, -0.25) is 4.79 Å². The maximum Gasteiger partial charge on any atom is 0.221 e. The molecule has 0 N–H and O–H groups in total. The Labute approximate surface area is 170 Å². The van der Waals surface area contributed by atoms with Crippen LogP contribution in [0.25, 0.3) is 10.9 Å². The van der Waals surface area contributed by atoms with Gasteiger partial charge in [-0.2, -0.15) is 5.26 Å². The zero-order valence-corrected chi connectivity index (χ0v) is 19.1. The van der Waals surface area contributed by atoms with Gasteiger partial charge < -0.3 is 14.2 Å². The SMILES string of the molecule is CN(C)/C=C(/C#N)C(=O)c1cc2cc(Br)ccc2n1COCC[Si](C)(C)C. The van der Waals surface area contributed by atoms with Crippen LogP contribution in [0.5, 0.6) is 0 Å². The fourth-order valence-electron chi connectivity index (χ4n) is 2.64. The number of rotatable bonds is 8. The molecule has 144 valence electrons. The number of carbonyl (C=O) groups excluding carboxylic acids is 1. The van der Waals surface area contributed by atoms with Crippen LogP contribution in [0, 0.1) is 11.3 Å². The van der Waals surface area contributed by atoms with Gasteiger partial charge in [0.25, 0.3) is 0 Å². The number of aromatic nitrogens is 1. The highest BCUT2D eigenvalue weighted by molar-refractivity contribution is 9.10. The number of hydrogen-bond acceptors (Lipinski definition) is 4. The van der Waals surface area contributed by atoms with Crippen LogP contribution < -0.4 is 0 Å². The number of nitrogens with zero attached hydrogens (tertiary/aromatic N) is 3. The summed E-state index contributed by atoms with van der Waals surface area (Å²) in [5, 5.41) is 10.3. The lowest BCUT2D eigenvalue weighted by molar-refractivity contribution is 0.0842. The standard InChI is InChI=1S/C20H26BrN3O2Si/c1-23(2)13-16(12-22)20(25)19-11-15-10-17(21)6-7-18(15)24(19)14-26-8-9-27(3,4)5/h6-7,10-11,13H,8-9,14H2,1-5H3/b16-13-. The van der Waals surface area contributed by atoms with Crippen LogP contribution >= 0.6 is 15.9 Å². The first kappa shape index (κ1) is 21.4. The topological polar surface area (TPSA) is 58.3 Å². The molecule has 2 aromatic rings. The molecule has 7 heteroatoms. The second-order valence-electron chi connectivity index (χ2n) is 7.96. The third-order valence-electron chi connectivity index (χ3n) is 4.07. The summed E-state index contributed by atoms with van der Waals surface area (Å²) < 4.78 is 8.69. The first-order valence-electron chi connectivity index (χ1n) is 8.82. The molecule has 0 saturated heterocycles. The average Bonchev–Trinajstić information content (AvgIpc) is 2.92. The van der Waals surface area contributed by atoms with Gasteiger partial charge in [-0.1, -0.05) is 35.6 Å². The molecule has 0 unspecified atom stereocenters. The monoisotopic (exact) mass is 447 g/mol. The number of ether oxygens (including phenoxy) is 1. The molecule has 1 aromatic heterocycles. The van der Waals surface area contributed by atoms with E-state index in [9.17, 15) is 10.1 Å². The molecular weight excluding hydrogens is 422 g/mol. The molecule has 0 atom stereocenters. The number of hydrogen-bond donors (Lipinski definition) is 0. The normalized spacial score (nSPS) is 12.3. The van der Waals surface area contributed by atoms with Crippen molar-refractivity contribution in [3.05, 3.63) is 46.2 Å². The van der Waals surface area contributed by atoms with E-state index in [1.54, 1.807) is 25.2 Å². The molecule has 0 amide bonds. The van der Waals surface area contributed by atoms with Gasteiger partial charge in [0, 0.05) is 44.8 Å². The Morgan fingerprint density at radius 1 is 1.33 bits per heavy atom. The van der Waals surface area contributed by atoms with Crippen LogP contribution in [0.3, 0.4) is 0 Å². The molecular formula is C20H26BrN3O2Si. The number of benzene rings is 1. The van der Waals surface area contributed by atoms with E-state index in [0.717, 1.165) is 21.4 Å². The van der Waals surface area contributed by atoms with Crippen molar-refractivity contribution in [2.75, 3.05) is 20.7 Å². The fraction of sp³-hybridized carbons (Fsp3) is 0.400. The Bertz CT molecular complexity index is 904. The third kappa shape index (κ3) is 5.80. The summed E-state index contributed by atoms with van der Waals surface area (Å²) in [6, 6.07) is 10.8. The van der Waals surface area contributed by atoms with Gasteiger partial charge in [0.1, 0.15) is 18.4 Å². The van der Waals surface area contributed by atoms with E-state index in [-0.39, 0.29) is 18.1 Å². The minimum Gasteiger partial charge on any atom is -0.382 e. The third-order valence-corrected chi connectivity index (χ3v) is 6.26. The van der Waals surface area contributed by atoms with Gasteiger partial charge in [-0.05, 0) is 30.3 Å². The Kier molecular flexibility index (Phi) is 7.04. The number of nitriles is 1. The van der Waals surface area contributed by atoms with Crippen LogP contribution in [-0.4, -0.2) is 44.0 Å².